The van der Waals surface area contributed by atoms with Gasteiger partial charge < -0.3 is 35.3 Å². The molecule has 2 aliphatic heterocycles. The van der Waals surface area contributed by atoms with Gasteiger partial charge in [-0.3, -0.25) is 9.13 Å². The molecular weight excluding hydrogens is 602 g/mol. The van der Waals surface area contributed by atoms with Crippen LogP contribution in [0.25, 0.3) is 22.3 Å². The van der Waals surface area contributed by atoms with E-state index in [9.17, 15) is 14.4 Å². The second-order valence-corrected chi connectivity index (χ2v) is 12.9. The number of ether oxygens (including phenoxy) is 2. The minimum Gasteiger partial charge on any atom is -0.382 e. The van der Waals surface area contributed by atoms with Gasteiger partial charge in [0.25, 0.3) is 0 Å². The maximum Gasteiger partial charge on any atom is 0.697 e. The number of hydrogen-bond donors (Lipinski definition) is 4. The Hall–Kier alpha value is -2.83. The molecule has 218 valence electrons. The van der Waals surface area contributed by atoms with E-state index < -0.39 is 33.4 Å². The van der Waals surface area contributed by atoms with E-state index >= 15 is 0 Å². The van der Waals surface area contributed by atoms with Gasteiger partial charge in [-0.15, -0.1) is 9.05 Å². The van der Waals surface area contributed by atoms with Crippen molar-refractivity contribution in [2.75, 3.05) is 24.7 Å². The monoisotopic (exact) mass is 627 g/mol. The number of aromatic nitrogens is 8. The Kier molecular flexibility index (Phi) is 7.90. The lowest BCUT2D eigenvalue weighted by Crippen LogP contribution is -2.21. The van der Waals surface area contributed by atoms with Gasteiger partial charge in [0, 0.05) is 11.0 Å². The zero-order valence-corrected chi connectivity index (χ0v) is 23.7. The molecule has 6 heterocycles. The average molecular weight is 627 g/mol. The molecule has 6 atom stereocenters. The van der Waals surface area contributed by atoms with E-state index in [1.54, 1.807) is 15.5 Å². The highest BCUT2D eigenvalue weighted by Crippen LogP contribution is 2.43. The Bertz CT molecular complexity index is 1630. The summed E-state index contributed by atoms with van der Waals surface area (Å²) >= 11 is 4.53. The highest BCUT2D eigenvalue weighted by Gasteiger charge is 2.45. The molecule has 0 saturated carbocycles. The Morgan fingerprint density at radius 2 is 1.61 bits per heavy atom. The molecule has 4 aromatic heterocycles. The van der Waals surface area contributed by atoms with Crippen molar-refractivity contribution in [3.63, 3.8) is 0 Å². The minimum atomic E-state index is -3.91. The third-order valence-electron chi connectivity index (χ3n) is 6.60. The standard InChI is InChI=1S/C20H24N10O8P2S/c21-16-14-18(25-6-23-16)29(8-27-14)13-2-1-10(36-13)4-34-39(31)38-12-3-11(5-35-40(32,33)41)37-20(12)30-9-28-15-17(22)24-7-26-19(15)30/h6-13,20H,1-5H2,(H5-,21,22,23,24,25,26,32,33,41)/p+1/t10-,11-,12+,13+,20+/m0/s1. The van der Waals surface area contributed by atoms with Crippen LogP contribution in [-0.4, -0.2) is 80.4 Å². The van der Waals surface area contributed by atoms with Gasteiger partial charge in [0.2, 0.25) is 0 Å². The van der Waals surface area contributed by atoms with Gasteiger partial charge in [0.1, 0.15) is 36.5 Å². The molecule has 6 N–H and O–H groups in total. The number of imidazole rings is 2. The second kappa shape index (κ2) is 11.4. The molecule has 0 bridgehead atoms. The Morgan fingerprint density at radius 1 is 0.951 bits per heavy atom. The molecule has 0 radical (unpaired) electrons. The number of hydrogen-bond acceptors (Lipinski definition) is 15. The van der Waals surface area contributed by atoms with Crippen molar-refractivity contribution in [1.29, 1.82) is 0 Å². The van der Waals surface area contributed by atoms with E-state index in [1.807, 2.05) is 0 Å². The topological polar surface area (TPSA) is 243 Å². The first kappa shape index (κ1) is 28.3. The molecule has 21 heteroatoms. The SMILES string of the molecule is Nc1ncnc2c1ncn2[C@@H]1O[C@H](COP(O)(O)=S)C[C@H]1O[P+](=O)OC[C@@H]1CC[C@H](n2cnc3c(N)ncnc32)O1. The van der Waals surface area contributed by atoms with Crippen molar-refractivity contribution in [1.82, 2.24) is 39.0 Å². The first-order chi connectivity index (χ1) is 19.7. The van der Waals surface area contributed by atoms with Crippen molar-refractivity contribution in [2.45, 2.75) is 50.0 Å². The average Bonchev–Trinajstić information content (AvgIpc) is 3.71. The third kappa shape index (κ3) is 6.05. The fourth-order valence-electron chi connectivity index (χ4n) is 4.78. The van der Waals surface area contributed by atoms with Gasteiger partial charge in [0.15, 0.2) is 35.3 Å². The third-order valence-corrected chi connectivity index (χ3v) is 8.21. The molecule has 6 rings (SSSR count). The van der Waals surface area contributed by atoms with E-state index in [4.69, 9.17) is 34.5 Å². The van der Waals surface area contributed by atoms with Gasteiger partial charge in [-0.25, -0.2) is 29.9 Å². The first-order valence-corrected chi connectivity index (χ1v) is 16.0. The molecule has 2 saturated heterocycles. The molecule has 0 aliphatic carbocycles. The summed E-state index contributed by atoms with van der Waals surface area (Å²) in [6.07, 6.45) is 4.10. The summed E-state index contributed by atoms with van der Waals surface area (Å²) in [6, 6.07) is 0. The van der Waals surface area contributed by atoms with Gasteiger partial charge in [-0.05, 0) is 24.6 Å². The first-order valence-electron chi connectivity index (χ1n) is 12.3. The van der Waals surface area contributed by atoms with Gasteiger partial charge in [0.05, 0.1) is 31.5 Å². The van der Waals surface area contributed by atoms with E-state index in [0.29, 0.717) is 35.2 Å². The molecule has 0 aromatic carbocycles. The molecule has 41 heavy (non-hydrogen) atoms. The Morgan fingerprint density at radius 3 is 2.29 bits per heavy atom. The van der Waals surface area contributed by atoms with Gasteiger partial charge in [-0.1, -0.05) is 0 Å². The zero-order chi connectivity index (χ0) is 28.7. The van der Waals surface area contributed by atoms with Crippen LogP contribution in [0.3, 0.4) is 0 Å². The maximum absolute atomic E-state index is 12.9. The summed E-state index contributed by atoms with van der Waals surface area (Å²) in [6.45, 7) is -4.13. The van der Waals surface area contributed by atoms with Crippen LogP contribution in [0.15, 0.2) is 25.3 Å². The van der Waals surface area contributed by atoms with Crippen LogP contribution in [0, 0.1) is 0 Å². The second-order valence-electron chi connectivity index (χ2n) is 9.29. The largest absolute Gasteiger partial charge is 0.697 e. The van der Waals surface area contributed by atoms with Crippen LogP contribution in [0.5, 0.6) is 0 Å². The van der Waals surface area contributed by atoms with Crippen LogP contribution in [-0.2, 0) is 39.4 Å². The molecule has 18 nitrogen and oxygen atoms in total. The van der Waals surface area contributed by atoms with Crippen molar-refractivity contribution >= 4 is 60.7 Å². The molecule has 0 spiro atoms. The quantitative estimate of drug-likeness (QED) is 0.180. The highest BCUT2D eigenvalue weighted by atomic mass is 32.5. The van der Waals surface area contributed by atoms with Crippen LogP contribution in [0.4, 0.5) is 11.6 Å². The van der Waals surface area contributed by atoms with Crippen LogP contribution in [0.1, 0.15) is 31.7 Å². The summed E-state index contributed by atoms with van der Waals surface area (Å²) in [5, 5.41) is 0. The van der Waals surface area contributed by atoms with Gasteiger partial charge in [-0.2, -0.15) is 0 Å². The van der Waals surface area contributed by atoms with Crippen molar-refractivity contribution in [3.8, 4) is 0 Å². The molecular formula is C20H25N10O8P2S+. The van der Waals surface area contributed by atoms with Crippen LogP contribution < -0.4 is 11.5 Å². The molecule has 0 amide bonds. The predicted octanol–water partition coefficient (Wildman–Crippen LogP) is 1.08. The van der Waals surface area contributed by atoms with Crippen molar-refractivity contribution in [3.05, 3.63) is 25.3 Å². The lowest BCUT2D eigenvalue weighted by molar-refractivity contribution is -0.0452. The van der Waals surface area contributed by atoms with Gasteiger partial charge >= 0.3 is 15.0 Å². The fraction of sp³-hybridized carbons (Fsp3) is 0.500. The number of nitrogen functional groups attached to an aromatic ring is 2. The number of nitrogens with zero attached hydrogens (tertiary/aromatic N) is 8. The smallest absolute Gasteiger partial charge is 0.382 e. The maximum atomic E-state index is 12.9. The van der Waals surface area contributed by atoms with Crippen molar-refractivity contribution < 1.29 is 37.4 Å². The van der Waals surface area contributed by atoms with Crippen LogP contribution >= 0.6 is 15.0 Å². The number of nitrogens with two attached hydrogens (primary N) is 2. The normalized spacial score (nSPS) is 25.4. The lowest BCUT2D eigenvalue weighted by atomic mass is 10.2. The van der Waals surface area contributed by atoms with Crippen molar-refractivity contribution in [2.24, 2.45) is 0 Å². The molecule has 4 aromatic rings. The predicted molar refractivity (Wildman–Crippen MR) is 144 cm³/mol. The molecule has 2 fully saturated rings. The number of rotatable bonds is 10. The van der Waals surface area contributed by atoms with E-state index in [2.05, 4.69) is 41.7 Å². The zero-order valence-electron chi connectivity index (χ0n) is 21.1. The highest BCUT2D eigenvalue weighted by molar-refractivity contribution is 8.06. The van der Waals surface area contributed by atoms with E-state index in [-0.39, 0.29) is 43.6 Å². The number of anilines is 2. The number of fused-ring (bicyclic) bond motifs is 2. The summed E-state index contributed by atoms with van der Waals surface area (Å²) in [5.74, 6) is 0.454. The summed E-state index contributed by atoms with van der Waals surface area (Å²) in [7, 11) is -2.61. The lowest BCUT2D eigenvalue weighted by Gasteiger charge is -2.17. The summed E-state index contributed by atoms with van der Waals surface area (Å²) < 4.78 is 44.6. The Labute approximate surface area is 237 Å². The Balaban J connectivity index is 1.10. The van der Waals surface area contributed by atoms with E-state index in [0.717, 1.165) is 0 Å². The van der Waals surface area contributed by atoms with Crippen LogP contribution in [0.2, 0.25) is 0 Å². The summed E-state index contributed by atoms with van der Waals surface area (Å²) in [4.78, 5) is 43.8. The minimum absolute atomic E-state index is 0.00990. The molecule has 2 aliphatic rings. The van der Waals surface area contributed by atoms with E-state index in [1.165, 1.54) is 19.0 Å². The molecule has 1 unspecified atom stereocenters. The summed E-state index contributed by atoms with van der Waals surface area (Å²) in [5.41, 5.74) is 13.5. The fourth-order valence-corrected chi connectivity index (χ4v) is 6.08.